The highest BCUT2D eigenvalue weighted by Gasteiger charge is 2.25. The third-order valence-corrected chi connectivity index (χ3v) is 6.29. The molecule has 0 aliphatic rings. The first-order valence-electron chi connectivity index (χ1n) is 11.7. The summed E-state index contributed by atoms with van der Waals surface area (Å²) in [6.07, 6.45) is 1.83. The van der Waals surface area contributed by atoms with Crippen molar-refractivity contribution < 1.29 is 14.7 Å². The van der Waals surface area contributed by atoms with Gasteiger partial charge in [-0.05, 0) is 36.5 Å². The van der Waals surface area contributed by atoms with Crippen molar-refractivity contribution in [1.82, 2.24) is 15.2 Å². The van der Waals surface area contributed by atoms with Crippen molar-refractivity contribution >= 4 is 23.4 Å². The molecule has 3 N–H and O–H groups in total. The van der Waals surface area contributed by atoms with E-state index in [9.17, 15) is 14.7 Å². The van der Waals surface area contributed by atoms with E-state index in [-0.39, 0.29) is 41.2 Å². The second-order valence-electron chi connectivity index (χ2n) is 8.15. The molecule has 0 saturated carbocycles. The van der Waals surface area contributed by atoms with Crippen LogP contribution in [0.3, 0.4) is 0 Å². The highest BCUT2D eigenvalue weighted by molar-refractivity contribution is 6.33. The molecule has 2 aromatic carbocycles. The summed E-state index contributed by atoms with van der Waals surface area (Å²) in [5, 5.41) is 15.6. The number of halogens is 1. The van der Waals surface area contributed by atoms with Crippen LogP contribution in [-0.4, -0.2) is 28.1 Å². The molecule has 0 fully saturated rings. The fourth-order valence-electron chi connectivity index (χ4n) is 4.00. The van der Waals surface area contributed by atoms with Crippen LogP contribution in [-0.2, 0) is 6.54 Å². The SMILES string of the molecule is CC[C@@H](NC(=O)c1cc(C(=O)N[C@H](CC)c2ccccc2)n(CCCO)c1Cl)c1ccccc1. The van der Waals surface area contributed by atoms with Crippen LogP contribution < -0.4 is 10.6 Å². The summed E-state index contributed by atoms with van der Waals surface area (Å²) in [5.74, 6) is -0.655. The lowest BCUT2D eigenvalue weighted by atomic mass is 10.0. The van der Waals surface area contributed by atoms with Gasteiger partial charge in [-0.1, -0.05) is 86.1 Å². The minimum absolute atomic E-state index is 0.0510. The van der Waals surface area contributed by atoms with E-state index >= 15 is 0 Å². The summed E-state index contributed by atoms with van der Waals surface area (Å²) >= 11 is 6.60. The molecule has 0 aliphatic carbocycles. The third kappa shape index (κ3) is 6.07. The van der Waals surface area contributed by atoms with Crippen LogP contribution in [0.25, 0.3) is 0 Å². The lowest BCUT2D eigenvalue weighted by Gasteiger charge is -2.18. The quantitative estimate of drug-likeness (QED) is 0.348. The summed E-state index contributed by atoms with van der Waals surface area (Å²) in [6, 6.07) is 20.7. The van der Waals surface area contributed by atoms with Gasteiger partial charge in [0, 0.05) is 13.2 Å². The maximum atomic E-state index is 13.3. The smallest absolute Gasteiger partial charge is 0.268 e. The zero-order valence-corrected chi connectivity index (χ0v) is 20.4. The predicted octanol–water partition coefficient (Wildman–Crippen LogP) is 5.29. The van der Waals surface area contributed by atoms with E-state index in [0.29, 0.717) is 31.5 Å². The average Bonchev–Trinajstić information content (AvgIpc) is 3.21. The van der Waals surface area contributed by atoms with Crippen LogP contribution >= 0.6 is 11.6 Å². The van der Waals surface area contributed by atoms with Crippen molar-refractivity contribution in [2.24, 2.45) is 0 Å². The van der Waals surface area contributed by atoms with Gasteiger partial charge < -0.3 is 20.3 Å². The molecule has 0 saturated heterocycles. The summed E-state index contributed by atoms with van der Waals surface area (Å²) in [7, 11) is 0. The van der Waals surface area contributed by atoms with Crippen molar-refractivity contribution in [3.8, 4) is 0 Å². The Morgan fingerprint density at radius 1 is 0.882 bits per heavy atom. The van der Waals surface area contributed by atoms with Gasteiger partial charge in [-0.3, -0.25) is 9.59 Å². The molecule has 34 heavy (non-hydrogen) atoms. The summed E-state index contributed by atoms with van der Waals surface area (Å²) in [4.78, 5) is 26.5. The Hall–Kier alpha value is -3.09. The van der Waals surface area contributed by atoms with E-state index in [1.54, 1.807) is 10.6 Å². The molecule has 2 atom stereocenters. The topological polar surface area (TPSA) is 83.4 Å². The Morgan fingerprint density at radius 3 is 1.85 bits per heavy atom. The Labute approximate surface area is 205 Å². The number of hydrogen-bond donors (Lipinski definition) is 3. The van der Waals surface area contributed by atoms with E-state index in [0.717, 1.165) is 11.1 Å². The second-order valence-corrected chi connectivity index (χ2v) is 8.51. The van der Waals surface area contributed by atoms with Crippen molar-refractivity contribution in [2.45, 2.75) is 51.7 Å². The molecule has 6 nitrogen and oxygen atoms in total. The average molecular weight is 482 g/mol. The molecule has 0 aliphatic heterocycles. The molecular weight excluding hydrogens is 450 g/mol. The number of aromatic nitrogens is 1. The van der Waals surface area contributed by atoms with Crippen LogP contribution in [0.1, 0.15) is 77.2 Å². The molecule has 0 unspecified atom stereocenters. The fourth-order valence-corrected chi connectivity index (χ4v) is 4.32. The summed E-state index contributed by atoms with van der Waals surface area (Å²) < 4.78 is 1.60. The number of rotatable bonds is 11. The first-order chi connectivity index (χ1) is 16.5. The van der Waals surface area contributed by atoms with Gasteiger partial charge in [0.25, 0.3) is 11.8 Å². The maximum Gasteiger partial charge on any atom is 0.268 e. The van der Waals surface area contributed by atoms with Gasteiger partial charge in [0.1, 0.15) is 10.8 Å². The lowest BCUT2D eigenvalue weighted by molar-refractivity contribution is 0.0923. The highest BCUT2D eigenvalue weighted by Crippen LogP contribution is 2.26. The minimum Gasteiger partial charge on any atom is -0.396 e. The number of carbonyl (C=O) groups is 2. The predicted molar refractivity (Wildman–Crippen MR) is 135 cm³/mol. The lowest BCUT2D eigenvalue weighted by Crippen LogP contribution is -2.30. The molecule has 0 spiro atoms. The van der Waals surface area contributed by atoms with Gasteiger partial charge in [0.2, 0.25) is 0 Å². The monoisotopic (exact) mass is 481 g/mol. The Morgan fingerprint density at radius 2 is 1.38 bits per heavy atom. The van der Waals surface area contributed by atoms with E-state index in [4.69, 9.17) is 11.6 Å². The zero-order valence-electron chi connectivity index (χ0n) is 19.6. The number of nitrogens with zero attached hydrogens (tertiary/aromatic N) is 1. The highest BCUT2D eigenvalue weighted by atomic mass is 35.5. The molecule has 2 amide bonds. The van der Waals surface area contributed by atoms with Crippen LogP contribution in [0.2, 0.25) is 5.15 Å². The van der Waals surface area contributed by atoms with Gasteiger partial charge in [0.15, 0.2) is 0 Å². The van der Waals surface area contributed by atoms with Gasteiger partial charge >= 0.3 is 0 Å². The van der Waals surface area contributed by atoms with E-state index in [1.807, 2.05) is 74.5 Å². The van der Waals surface area contributed by atoms with Crippen LogP contribution in [0, 0.1) is 0 Å². The molecule has 7 heteroatoms. The van der Waals surface area contributed by atoms with Crippen molar-refractivity contribution in [2.75, 3.05) is 6.61 Å². The Kier molecular flexibility index (Phi) is 9.31. The first kappa shape index (κ1) is 25.5. The van der Waals surface area contributed by atoms with Crippen molar-refractivity contribution in [1.29, 1.82) is 0 Å². The molecule has 3 rings (SSSR count). The van der Waals surface area contributed by atoms with Crippen LogP contribution in [0.4, 0.5) is 0 Å². The Bertz CT molecular complexity index is 1080. The van der Waals surface area contributed by atoms with Crippen molar-refractivity contribution in [3.63, 3.8) is 0 Å². The molecule has 3 aromatic rings. The molecule has 0 radical (unpaired) electrons. The first-order valence-corrected chi connectivity index (χ1v) is 12.1. The van der Waals surface area contributed by atoms with E-state index in [1.165, 1.54) is 0 Å². The van der Waals surface area contributed by atoms with E-state index < -0.39 is 0 Å². The normalized spacial score (nSPS) is 12.7. The molecule has 180 valence electrons. The largest absolute Gasteiger partial charge is 0.396 e. The molecule has 1 aromatic heterocycles. The standard InChI is InChI=1S/C27H32ClN3O3/c1-3-22(19-12-7-5-8-13-19)29-26(33)21-18-24(31(25(21)28)16-11-17-32)27(34)30-23(4-2)20-14-9-6-10-15-20/h5-10,12-15,18,22-23,32H,3-4,11,16-17H2,1-2H3,(H,29,33)(H,30,34)/t22-,23-/m1/s1. The molecular formula is C27H32ClN3O3. The number of benzene rings is 2. The van der Waals surface area contributed by atoms with Crippen molar-refractivity contribution in [3.05, 3.63) is 94.3 Å². The number of aliphatic hydroxyl groups excluding tert-OH is 1. The number of hydrogen-bond acceptors (Lipinski definition) is 3. The van der Waals surface area contributed by atoms with Crippen LogP contribution in [0.15, 0.2) is 66.7 Å². The second kappa shape index (κ2) is 12.4. The number of aliphatic hydroxyl groups is 1. The molecule has 1 heterocycles. The Balaban J connectivity index is 1.87. The van der Waals surface area contributed by atoms with Gasteiger partial charge in [0.05, 0.1) is 17.6 Å². The van der Waals surface area contributed by atoms with Gasteiger partial charge in [-0.15, -0.1) is 0 Å². The maximum absolute atomic E-state index is 13.3. The van der Waals surface area contributed by atoms with Crippen LogP contribution in [0.5, 0.6) is 0 Å². The third-order valence-electron chi connectivity index (χ3n) is 5.88. The van der Waals surface area contributed by atoms with Gasteiger partial charge in [-0.25, -0.2) is 0 Å². The van der Waals surface area contributed by atoms with Gasteiger partial charge in [-0.2, -0.15) is 0 Å². The fraction of sp³-hybridized carbons (Fsp3) is 0.333. The molecule has 0 bridgehead atoms. The van der Waals surface area contributed by atoms with E-state index in [2.05, 4.69) is 10.6 Å². The zero-order chi connectivity index (χ0) is 24.5. The summed E-state index contributed by atoms with van der Waals surface area (Å²) in [6.45, 7) is 4.27. The number of amides is 2. The number of carbonyl (C=O) groups excluding carboxylic acids is 2. The minimum atomic E-state index is -0.340. The summed E-state index contributed by atoms with van der Waals surface area (Å²) in [5.41, 5.74) is 2.54. The number of nitrogens with one attached hydrogen (secondary N) is 2.